The number of esters is 1. The Bertz CT molecular complexity index is 1040. The Hall–Kier alpha value is -3.46. The molecular weight excluding hydrogens is 360 g/mol. The molecule has 3 aromatic rings. The van der Waals surface area contributed by atoms with Gasteiger partial charge in [-0.15, -0.1) is 0 Å². The van der Waals surface area contributed by atoms with Crippen molar-refractivity contribution in [3.63, 3.8) is 0 Å². The largest absolute Gasteiger partial charge is 0.465 e. The SMILES string of the molecule is CCOC(=O)[C@@H]1C(=O)C(c2ccccc2)=C(c2ccccc2)[C@H]1c1ccccc1. The fraction of sp³-hybridized carbons (Fsp3) is 0.154. The standard InChI is InChI=1S/C26H22O3/c1-2-29-26(28)24-22(19-14-8-4-9-15-19)21(18-12-6-3-7-13-18)23(25(24)27)20-16-10-5-11-17-20/h3-17,22,24H,2H2,1H3/t22-,24+/m1/s1. The van der Waals surface area contributed by atoms with E-state index in [0.29, 0.717) is 5.57 Å². The Morgan fingerprint density at radius 1 is 0.793 bits per heavy atom. The van der Waals surface area contributed by atoms with Crippen LogP contribution >= 0.6 is 0 Å². The van der Waals surface area contributed by atoms with Crippen LogP contribution in [0.1, 0.15) is 29.5 Å². The van der Waals surface area contributed by atoms with Gasteiger partial charge in [0.05, 0.1) is 6.61 Å². The molecule has 0 bridgehead atoms. The molecule has 0 aliphatic heterocycles. The molecule has 1 aliphatic carbocycles. The van der Waals surface area contributed by atoms with Crippen LogP contribution in [0.2, 0.25) is 0 Å². The summed E-state index contributed by atoms with van der Waals surface area (Å²) in [5.41, 5.74) is 4.18. The quantitative estimate of drug-likeness (QED) is 0.453. The minimum atomic E-state index is -0.886. The van der Waals surface area contributed by atoms with E-state index in [2.05, 4.69) is 0 Å². The molecule has 0 amide bonds. The minimum absolute atomic E-state index is 0.178. The van der Waals surface area contributed by atoms with Crippen LogP contribution in [0, 0.1) is 5.92 Å². The van der Waals surface area contributed by atoms with Gasteiger partial charge in [0.25, 0.3) is 0 Å². The summed E-state index contributed by atoms with van der Waals surface area (Å²) in [5.74, 6) is -1.92. The van der Waals surface area contributed by atoms with E-state index in [-0.39, 0.29) is 18.3 Å². The summed E-state index contributed by atoms with van der Waals surface area (Å²) in [6, 6.07) is 29.2. The third kappa shape index (κ3) is 3.52. The molecule has 0 spiro atoms. The summed E-state index contributed by atoms with van der Waals surface area (Å²) < 4.78 is 5.33. The first kappa shape index (κ1) is 18.9. The summed E-state index contributed by atoms with van der Waals surface area (Å²) in [5, 5.41) is 0. The summed E-state index contributed by atoms with van der Waals surface area (Å²) in [6.45, 7) is 2.00. The number of allylic oxidation sites excluding steroid dienone is 2. The zero-order chi connectivity index (χ0) is 20.2. The molecule has 3 heteroatoms. The Kier molecular flexibility index (Phi) is 5.39. The number of Topliss-reactive ketones (excluding diaryl/α,β-unsaturated/α-hetero) is 1. The highest BCUT2D eigenvalue weighted by atomic mass is 16.5. The Morgan fingerprint density at radius 2 is 1.31 bits per heavy atom. The number of carbonyl (C=O) groups is 2. The monoisotopic (exact) mass is 382 g/mol. The van der Waals surface area contributed by atoms with Crippen molar-refractivity contribution in [1.29, 1.82) is 0 Å². The van der Waals surface area contributed by atoms with Crippen molar-refractivity contribution in [3.05, 3.63) is 108 Å². The molecule has 0 saturated heterocycles. The first-order chi connectivity index (χ1) is 14.2. The highest BCUT2D eigenvalue weighted by molar-refractivity contribution is 6.37. The van der Waals surface area contributed by atoms with Crippen LogP contribution in [-0.4, -0.2) is 18.4 Å². The minimum Gasteiger partial charge on any atom is -0.465 e. The van der Waals surface area contributed by atoms with Crippen LogP contribution in [0.25, 0.3) is 11.1 Å². The van der Waals surface area contributed by atoms with E-state index in [9.17, 15) is 9.59 Å². The normalized spacial score (nSPS) is 18.7. The van der Waals surface area contributed by atoms with Crippen molar-refractivity contribution in [2.75, 3.05) is 6.61 Å². The second-order valence-corrected chi connectivity index (χ2v) is 7.00. The number of hydrogen-bond donors (Lipinski definition) is 0. The van der Waals surface area contributed by atoms with Crippen LogP contribution < -0.4 is 0 Å². The van der Waals surface area contributed by atoms with E-state index in [1.807, 2.05) is 91.0 Å². The van der Waals surface area contributed by atoms with Gasteiger partial charge in [-0.05, 0) is 29.2 Å². The van der Waals surface area contributed by atoms with Crippen molar-refractivity contribution in [1.82, 2.24) is 0 Å². The smallest absolute Gasteiger partial charge is 0.317 e. The maximum atomic E-state index is 13.6. The van der Waals surface area contributed by atoms with Crippen molar-refractivity contribution < 1.29 is 14.3 Å². The molecule has 0 aromatic heterocycles. The lowest BCUT2D eigenvalue weighted by Gasteiger charge is -2.21. The molecule has 0 radical (unpaired) electrons. The topological polar surface area (TPSA) is 43.4 Å². The van der Waals surface area contributed by atoms with Crippen LogP contribution in [0.3, 0.4) is 0 Å². The maximum Gasteiger partial charge on any atom is 0.317 e. The van der Waals surface area contributed by atoms with Gasteiger partial charge >= 0.3 is 5.97 Å². The summed E-state index contributed by atoms with van der Waals surface area (Å²) in [7, 11) is 0. The Balaban J connectivity index is 1.99. The molecule has 0 fully saturated rings. The Labute approximate surface area is 170 Å². The molecule has 3 aromatic carbocycles. The molecular formula is C26H22O3. The van der Waals surface area contributed by atoms with E-state index in [1.54, 1.807) is 6.92 Å². The Morgan fingerprint density at radius 3 is 1.86 bits per heavy atom. The molecule has 3 nitrogen and oxygen atoms in total. The average molecular weight is 382 g/mol. The molecule has 4 rings (SSSR count). The van der Waals surface area contributed by atoms with E-state index in [4.69, 9.17) is 4.74 Å². The molecule has 1 aliphatic rings. The second-order valence-electron chi connectivity index (χ2n) is 7.00. The number of hydrogen-bond acceptors (Lipinski definition) is 3. The van der Waals surface area contributed by atoms with Crippen LogP contribution in [0.15, 0.2) is 91.0 Å². The van der Waals surface area contributed by atoms with Gasteiger partial charge in [-0.3, -0.25) is 9.59 Å². The number of carbonyl (C=O) groups excluding carboxylic acids is 2. The van der Waals surface area contributed by atoms with Crippen LogP contribution in [0.4, 0.5) is 0 Å². The highest BCUT2D eigenvalue weighted by Crippen LogP contribution is 2.50. The van der Waals surface area contributed by atoms with E-state index >= 15 is 0 Å². The van der Waals surface area contributed by atoms with Crippen molar-refractivity contribution in [3.8, 4) is 0 Å². The van der Waals surface area contributed by atoms with E-state index < -0.39 is 11.9 Å². The average Bonchev–Trinajstić information content (AvgIpc) is 3.09. The molecule has 0 heterocycles. The van der Waals surface area contributed by atoms with Gasteiger partial charge < -0.3 is 4.74 Å². The lowest BCUT2D eigenvalue weighted by Crippen LogP contribution is -2.28. The summed E-state index contributed by atoms with van der Waals surface area (Å²) in [6.07, 6.45) is 0. The van der Waals surface area contributed by atoms with E-state index in [0.717, 1.165) is 22.3 Å². The zero-order valence-electron chi connectivity index (χ0n) is 16.2. The van der Waals surface area contributed by atoms with Gasteiger partial charge in [-0.25, -0.2) is 0 Å². The fourth-order valence-corrected chi connectivity index (χ4v) is 4.10. The van der Waals surface area contributed by atoms with Gasteiger partial charge in [0.15, 0.2) is 5.78 Å². The van der Waals surface area contributed by atoms with Gasteiger partial charge in [-0.1, -0.05) is 91.0 Å². The third-order valence-electron chi connectivity index (χ3n) is 5.29. The lowest BCUT2D eigenvalue weighted by molar-refractivity contribution is -0.150. The fourth-order valence-electron chi connectivity index (χ4n) is 4.10. The number of ketones is 1. The molecule has 144 valence electrons. The zero-order valence-corrected chi connectivity index (χ0v) is 16.2. The number of ether oxygens (including phenoxy) is 1. The predicted octanol–water partition coefficient (Wildman–Crippen LogP) is 5.14. The molecule has 2 atom stereocenters. The lowest BCUT2D eigenvalue weighted by atomic mass is 9.82. The highest BCUT2D eigenvalue weighted by Gasteiger charge is 2.48. The maximum absolute atomic E-state index is 13.6. The van der Waals surface area contributed by atoms with Gasteiger partial charge in [0, 0.05) is 11.5 Å². The molecule has 0 saturated carbocycles. The van der Waals surface area contributed by atoms with Gasteiger partial charge in [0.1, 0.15) is 5.92 Å². The predicted molar refractivity (Wildman–Crippen MR) is 114 cm³/mol. The van der Waals surface area contributed by atoms with E-state index in [1.165, 1.54) is 0 Å². The summed E-state index contributed by atoms with van der Waals surface area (Å²) in [4.78, 5) is 26.6. The second kappa shape index (κ2) is 8.27. The van der Waals surface area contributed by atoms with Crippen LogP contribution in [-0.2, 0) is 14.3 Å². The molecule has 29 heavy (non-hydrogen) atoms. The first-order valence-corrected chi connectivity index (χ1v) is 9.83. The number of rotatable bonds is 5. The third-order valence-corrected chi connectivity index (χ3v) is 5.29. The first-order valence-electron chi connectivity index (χ1n) is 9.83. The van der Waals surface area contributed by atoms with Gasteiger partial charge in [0.2, 0.25) is 0 Å². The molecule has 0 unspecified atom stereocenters. The number of benzene rings is 3. The molecule has 0 N–H and O–H groups in total. The van der Waals surface area contributed by atoms with Crippen molar-refractivity contribution in [2.24, 2.45) is 5.92 Å². The van der Waals surface area contributed by atoms with Crippen molar-refractivity contribution >= 4 is 22.9 Å². The van der Waals surface area contributed by atoms with Crippen molar-refractivity contribution in [2.45, 2.75) is 12.8 Å². The van der Waals surface area contributed by atoms with Crippen LogP contribution in [0.5, 0.6) is 0 Å². The summed E-state index contributed by atoms with van der Waals surface area (Å²) >= 11 is 0. The van der Waals surface area contributed by atoms with Gasteiger partial charge in [-0.2, -0.15) is 0 Å².